The molecule has 1 aliphatic heterocycles. The standard InChI is InChI=1S/C20H25N5O2/c1-16-5-3-7-18(13-16)23-9-11-24(12-10-23)20(21-2)22-15-17-6-4-8-19(14-17)25(26)27/h3-8,13-14H,9-12,15H2,1-2H3,(H,21,22). The van der Waals surface area contributed by atoms with Crippen LogP contribution in [0, 0.1) is 17.0 Å². The van der Waals surface area contributed by atoms with E-state index in [4.69, 9.17) is 0 Å². The number of guanidine groups is 1. The minimum absolute atomic E-state index is 0.107. The number of nitro groups is 1. The quantitative estimate of drug-likeness (QED) is 0.389. The molecule has 7 heteroatoms. The van der Waals surface area contributed by atoms with Crippen molar-refractivity contribution in [2.24, 2.45) is 4.99 Å². The van der Waals surface area contributed by atoms with Crippen LogP contribution in [-0.2, 0) is 6.54 Å². The van der Waals surface area contributed by atoms with Crippen LogP contribution in [0.15, 0.2) is 53.5 Å². The molecule has 0 bridgehead atoms. The van der Waals surface area contributed by atoms with Crippen LogP contribution in [0.25, 0.3) is 0 Å². The summed E-state index contributed by atoms with van der Waals surface area (Å²) in [5.74, 6) is 0.824. The van der Waals surface area contributed by atoms with Crippen molar-refractivity contribution in [3.63, 3.8) is 0 Å². The molecule has 0 amide bonds. The average molecular weight is 367 g/mol. The second kappa shape index (κ2) is 8.53. The summed E-state index contributed by atoms with van der Waals surface area (Å²) in [6.07, 6.45) is 0. The number of hydrogen-bond donors (Lipinski definition) is 1. The lowest BCUT2D eigenvalue weighted by Crippen LogP contribution is -2.52. The van der Waals surface area contributed by atoms with E-state index < -0.39 is 0 Å². The third kappa shape index (κ3) is 4.75. The molecule has 1 N–H and O–H groups in total. The number of benzene rings is 2. The van der Waals surface area contributed by atoms with Crippen molar-refractivity contribution in [3.05, 3.63) is 69.8 Å². The van der Waals surface area contributed by atoms with E-state index in [-0.39, 0.29) is 10.6 Å². The predicted octanol–water partition coefficient (Wildman–Crippen LogP) is 2.80. The number of nitrogens with zero attached hydrogens (tertiary/aromatic N) is 4. The fourth-order valence-electron chi connectivity index (χ4n) is 3.29. The summed E-state index contributed by atoms with van der Waals surface area (Å²) < 4.78 is 0. The van der Waals surface area contributed by atoms with Crippen molar-refractivity contribution < 1.29 is 4.92 Å². The van der Waals surface area contributed by atoms with Gasteiger partial charge in [0.15, 0.2) is 5.96 Å². The lowest BCUT2D eigenvalue weighted by molar-refractivity contribution is -0.384. The first kappa shape index (κ1) is 18.7. The molecule has 2 aromatic carbocycles. The Labute approximate surface area is 159 Å². The molecular weight excluding hydrogens is 342 g/mol. The van der Waals surface area contributed by atoms with Gasteiger partial charge in [-0.25, -0.2) is 0 Å². The molecule has 0 aromatic heterocycles. The topological polar surface area (TPSA) is 74.0 Å². The molecule has 0 spiro atoms. The summed E-state index contributed by atoms with van der Waals surface area (Å²) in [6.45, 7) is 6.24. The smallest absolute Gasteiger partial charge is 0.269 e. The van der Waals surface area contributed by atoms with Gasteiger partial charge in [-0.3, -0.25) is 15.1 Å². The summed E-state index contributed by atoms with van der Waals surface area (Å²) in [5, 5.41) is 14.2. The highest BCUT2D eigenvalue weighted by Gasteiger charge is 2.20. The van der Waals surface area contributed by atoms with E-state index in [1.54, 1.807) is 19.2 Å². The van der Waals surface area contributed by atoms with Crippen LogP contribution in [0.4, 0.5) is 11.4 Å². The molecule has 0 atom stereocenters. The number of aryl methyl sites for hydroxylation is 1. The van der Waals surface area contributed by atoms with E-state index in [2.05, 4.69) is 51.3 Å². The van der Waals surface area contributed by atoms with Crippen LogP contribution >= 0.6 is 0 Å². The molecule has 142 valence electrons. The lowest BCUT2D eigenvalue weighted by Gasteiger charge is -2.37. The Morgan fingerprint density at radius 1 is 1.15 bits per heavy atom. The minimum atomic E-state index is -0.372. The molecule has 2 aromatic rings. The molecule has 0 radical (unpaired) electrons. The maximum absolute atomic E-state index is 10.9. The van der Waals surface area contributed by atoms with Gasteiger partial charge in [0.1, 0.15) is 0 Å². The van der Waals surface area contributed by atoms with E-state index in [0.717, 1.165) is 37.7 Å². The lowest BCUT2D eigenvalue weighted by atomic mass is 10.2. The number of nitro benzene ring substituents is 1. The van der Waals surface area contributed by atoms with Crippen LogP contribution in [0.3, 0.4) is 0 Å². The van der Waals surface area contributed by atoms with Gasteiger partial charge in [-0.1, -0.05) is 24.3 Å². The number of rotatable bonds is 4. The van der Waals surface area contributed by atoms with Gasteiger partial charge in [0.2, 0.25) is 0 Å². The Hall–Kier alpha value is -3.09. The Balaban J connectivity index is 1.56. The number of non-ortho nitro benzene ring substituents is 1. The Kier molecular flexibility index (Phi) is 5.90. The molecule has 1 heterocycles. The number of piperazine rings is 1. The molecule has 1 aliphatic rings. The van der Waals surface area contributed by atoms with Crippen molar-refractivity contribution in [3.8, 4) is 0 Å². The van der Waals surface area contributed by atoms with Crippen molar-refractivity contribution in [1.82, 2.24) is 10.2 Å². The predicted molar refractivity (Wildman–Crippen MR) is 108 cm³/mol. The van der Waals surface area contributed by atoms with Gasteiger partial charge in [-0.2, -0.15) is 0 Å². The van der Waals surface area contributed by atoms with E-state index in [9.17, 15) is 10.1 Å². The third-order valence-electron chi connectivity index (χ3n) is 4.73. The van der Waals surface area contributed by atoms with Gasteiger partial charge in [-0.15, -0.1) is 0 Å². The number of aliphatic imine (C=N–C) groups is 1. The van der Waals surface area contributed by atoms with Gasteiger partial charge < -0.3 is 15.1 Å². The number of hydrogen-bond acceptors (Lipinski definition) is 4. The zero-order chi connectivity index (χ0) is 19.2. The first-order valence-corrected chi connectivity index (χ1v) is 9.07. The van der Waals surface area contributed by atoms with Crippen LogP contribution < -0.4 is 10.2 Å². The Morgan fingerprint density at radius 2 is 1.89 bits per heavy atom. The normalized spacial score (nSPS) is 15.0. The van der Waals surface area contributed by atoms with Gasteiger partial charge in [-0.05, 0) is 30.2 Å². The minimum Gasteiger partial charge on any atom is -0.368 e. The Morgan fingerprint density at radius 3 is 2.56 bits per heavy atom. The SMILES string of the molecule is CN=C(NCc1cccc([N+](=O)[O-])c1)N1CCN(c2cccc(C)c2)CC1. The van der Waals surface area contributed by atoms with E-state index >= 15 is 0 Å². The van der Waals surface area contributed by atoms with E-state index in [0.29, 0.717) is 6.54 Å². The third-order valence-corrected chi connectivity index (χ3v) is 4.73. The first-order chi connectivity index (χ1) is 13.1. The molecule has 0 unspecified atom stereocenters. The molecule has 0 saturated carbocycles. The first-order valence-electron chi connectivity index (χ1n) is 9.07. The molecule has 1 fully saturated rings. The molecule has 7 nitrogen and oxygen atoms in total. The second-order valence-corrected chi connectivity index (χ2v) is 6.64. The second-order valence-electron chi connectivity index (χ2n) is 6.64. The van der Waals surface area contributed by atoms with Crippen LogP contribution in [-0.4, -0.2) is 49.0 Å². The van der Waals surface area contributed by atoms with Crippen molar-refractivity contribution in [2.75, 3.05) is 38.1 Å². The highest BCUT2D eigenvalue weighted by Crippen LogP contribution is 2.18. The number of nitrogens with one attached hydrogen (secondary N) is 1. The largest absolute Gasteiger partial charge is 0.368 e. The fourth-order valence-corrected chi connectivity index (χ4v) is 3.29. The van der Waals surface area contributed by atoms with Gasteiger partial charge in [0, 0.05) is 57.6 Å². The molecule has 0 aliphatic carbocycles. The summed E-state index contributed by atoms with van der Waals surface area (Å²) in [4.78, 5) is 19.5. The summed E-state index contributed by atoms with van der Waals surface area (Å²) >= 11 is 0. The molecule has 1 saturated heterocycles. The average Bonchev–Trinajstić information content (AvgIpc) is 2.69. The maximum Gasteiger partial charge on any atom is 0.269 e. The van der Waals surface area contributed by atoms with E-state index in [1.165, 1.54) is 17.3 Å². The van der Waals surface area contributed by atoms with Crippen molar-refractivity contribution in [2.45, 2.75) is 13.5 Å². The van der Waals surface area contributed by atoms with Crippen LogP contribution in [0.5, 0.6) is 0 Å². The van der Waals surface area contributed by atoms with Crippen LogP contribution in [0.1, 0.15) is 11.1 Å². The summed E-state index contributed by atoms with van der Waals surface area (Å²) in [7, 11) is 1.77. The van der Waals surface area contributed by atoms with Gasteiger partial charge in [0.25, 0.3) is 5.69 Å². The summed E-state index contributed by atoms with van der Waals surface area (Å²) in [5.41, 5.74) is 3.50. The molecular formula is C20H25N5O2. The monoisotopic (exact) mass is 367 g/mol. The highest BCUT2D eigenvalue weighted by atomic mass is 16.6. The molecule has 27 heavy (non-hydrogen) atoms. The van der Waals surface area contributed by atoms with Crippen LogP contribution in [0.2, 0.25) is 0 Å². The summed E-state index contributed by atoms with van der Waals surface area (Å²) in [6, 6.07) is 15.2. The zero-order valence-electron chi connectivity index (χ0n) is 15.8. The fraction of sp³-hybridized carbons (Fsp3) is 0.350. The van der Waals surface area contributed by atoms with Gasteiger partial charge in [0.05, 0.1) is 4.92 Å². The highest BCUT2D eigenvalue weighted by molar-refractivity contribution is 5.80. The van der Waals surface area contributed by atoms with E-state index in [1.807, 2.05) is 6.07 Å². The zero-order valence-corrected chi connectivity index (χ0v) is 15.8. The maximum atomic E-state index is 10.9. The van der Waals surface area contributed by atoms with Gasteiger partial charge >= 0.3 is 0 Å². The van der Waals surface area contributed by atoms with Crippen molar-refractivity contribution >= 4 is 17.3 Å². The number of anilines is 1. The Bertz CT molecular complexity index is 829. The molecule has 3 rings (SSSR count). The van der Waals surface area contributed by atoms with Crippen molar-refractivity contribution in [1.29, 1.82) is 0 Å².